The number of halogens is 2. The summed E-state index contributed by atoms with van der Waals surface area (Å²) in [5.74, 6) is 1.39. The fraction of sp³-hybridized carbons (Fsp3) is 0.562. The van der Waals surface area contributed by atoms with Gasteiger partial charge in [0.2, 0.25) is 0 Å². The Morgan fingerprint density at radius 1 is 1.39 bits per heavy atom. The van der Waals surface area contributed by atoms with E-state index in [9.17, 15) is 4.21 Å². The Balaban J connectivity index is 0.00000484. The Kier molecular flexibility index (Phi) is 10.4. The van der Waals surface area contributed by atoms with Gasteiger partial charge in [0.25, 0.3) is 0 Å². The molecular formula is C16H27ClIN3OS. The van der Waals surface area contributed by atoms with Gasteiger partial charge in [-0.05, 0) is 38.5 Å². The van der Waals surface area contributed by atoms with Gasteiger partial charge in [0.05, 0.1) is 0 Å². The van der Waals surface area contributed by atoms with E-state index in [4.69, 9.17) is 11.6 Å². The van der Waals surface area contributed by atoms with E-state index in [1.165, 1.54) is 0 Å². The summed E-state index contributed by atoms with van der Waals surface area (Å²) in [5, 5.41) is 3.99. The number of rotatable bonds is 5. The molecule has 1 rings (SSSR count). The fourth-order valence-corrected chi connectivity index (χ4v) is 3.04. The van der Waals surface area contributed by atoms with Gasteiger partial charge in [-0.2, -0.15) is 0 Å². The Hall–Kier alpha value is -0.340. The predicted octanol–water partition coefficient (Wildman–Crippen LogP) is 3.51. The highest BCUT2D eigenvalue weighted by Crippen LogP contribution is 2.12. The zero-order valence-corrected chi connectivity index (χ0v) is 18.3. The second-order valence-corrected chi connectivity index (χ2v) is 8.88. The van der Waals surface area contributed by atoms with E-state index >= 15 is 0 Å². The summed E-state index contributed by atoms with van der Waals surface area (Å²) in [6.07, 6.45) is 0. The second kappa shape index (κ2) is 10.5. The van der Waals surface area contributed by atoms with Crippen molar-refractivity contribution in [1.82, 2.24) is 10.2 Å². The molecule has 0 saturated heterocycles. The fourth-order valence-electron chi connectivity index (χ4n) is 1.93. The Labute approximate surface area is 164 Å². The van der Waals surface area contributed by atoms with Crippen LogP contribution in [0.25, 0.3) is 0 Å². The van der Waals surface area contributed by atoms with Crippen molar-refractivity contribution in [1.29, 1.82) is 0 Å². The average molecular weight is 472 g/mol. The van der Waals surface area contributed by atoms with Gasteiger partial charge in [0.15, 0.2) is 5.96 Å². The van der Waals surface area contributed by atoms with Crippen molar-refractivity contribution in [2.75, 3.05) is 26.4 Å². The first-order valence-electron chi connectivity index (χ1n) is 7.28. The molecule has 1 atom stereocenters. The average Bonchev–Trinajstić information content (AvgIpc) is 2.42. The van der Waals surface area contributed by atoms with Crippen molar-refractivity contribution >= 4 is 52.3 Å². The van der Waals surface area contributed by atoms with E-state index in [-0.39, 0.29) is 28.7 Å². The van der Waals surface area contributed by atoms with Crippen LogP contribution >= 0.6 is 35.6 Å². The van der Waals surface area contributed by atoms with Crippen LogP contribution in [0.5, 0.6) is 0 Å². The largest absolute Gasteiger partial charge is 0.355 e. The van der Waals surface area contributed by atoms with Crippen molar-refractivity contribution in [2.24, 2.45) is 4.99 Å². The zero-order valence-electron chi connectivity index (χ0n) is 14.4. The zero-order chi connectivity index (χ0) is 16.8. The summed E-state index contributed by atoms with van der Waals surface area (Å²) in [7, 11) is 2.85. The third-order valence-electron chi connectivity index (χ3n) is 3.14. The van der Waals surface area contributed by atoms with Crippen LogP contribution in [-0.4, -0.2) is 46.2 Å². The number of nitrogens with zero attached hydrogens (tertiary/aromatic N) is 2. The number of guanidine groups is 1. The van der Waals surface area contributed by atoms with Crippen LogP contribution in [0.1, 0.15) is 26.3 Å². The molecule has 0 aliphatic heterocycles. The molecule has 0 aromatic heterocycles. The standard InChI is InChI=1S/C16H26ClN3OS.HI/c1-16(2,3)22(21)10-9-19-15(18-4)20(5)12-13-7-6-8-14(17)11-13;/h6-8,11H,9-10,12H2,1-5H3,(H,18,19);1H. The van der Waals surface area contributed by atoms with E-state index in [1.54, 1.807) is 7.05 Å². The number of benzene rings is 1. The first-order valence-corrected chi connectivity index (χ1v) is 8.98. The van der Waals surface area contributed by atoms with Crippen LogP contribution in [0.2, 0.25) is 5.02 Å². The molecule has 0 aliphatic carbocycles. The van der Waals surface area contributed by atoms with Gasteiger partial charge < -0.3 is 10.2 Å². The smallest absolute Gasteiger partial charge is 0.193 e. The van der Waals surface area contributed by atoms with Crippen LogP contribution < -0.4 is 5.32 Å². The van der Waals surface area contributed by atoms with Gasteiger partial charge >= 0.3 is 0 Å². The lowest BCUT2D eigenvalue weighted by Crippen LogP contribution is -2.41. The number of hydrogen-bond acceptors (Lipinski definition) is 2. The van der Waals surface area contributed by atoms with E-state index in [0.29, 0.717) is 18.8 Å². The van der Waals surface area contributed by atoms with Crippen LogP contribution in [-0.2, 0) is 17.3 Å². The minimum absolute atomic E-state index is 0. The summed E-state index contributed by atoms with van der Waals surface area (Å²) >= 11 is 6.00. The monoisotopic (exact) mass is 471 g/mol. The minimum atomic E-state index is -0.863. The van der Waals surface area contributed by atoms with Crippen molar-refractivity contribution in [3.05, 3.63) is 34.9 Å². The van der Waals surface area contributed by atoms with Crippen molar-refractivity contribution < 1.29 is 4.21 Å². The van der Waals surface area contributed by atoms with Crippen LogP contribution in [0.3, 0.4) is 0 Å². The van der Waals surface area contributed by atoms with E-state index in [1.807, 2.05) is 57.0 Å². The first kappa shape index (κ1) is 22.7. The van der Waals surface area contributed by atoms with Crippen molar-refractivity contribution in [3.63, 3.8) is 0 Å². The lowest BCUT2D eigenvalue weighted by molar-refractivity contribution is 0.479. The maximum Gasteiger partial charge on any atom is 0.193 e. The quantitative estimate of drug-likeness (QED) is 0.406. The van der Waals surface area contributed by atoms with Gasteiger partial charge in [-0.15, -0.1) is 24.0 Å². The lowest BCUT2D eigenvalue weighted by Gasteiger charge is -2.23. The molecule has 1 unspecified atom stereocenters. The highest BCUT2D eigenvalue weighted by Gasteiger charge is 2.19. The summed E-state index contributed by atoms with van der Waals surface area (Å²) in [6.45, 7) is 7.31. The molecule has 1 aromatic carbocycles. The van der Waals surface area contributed by atoms with Crippen LogP contribution in [0, 0.1) is 0 Å². The van der Waals surface area contributed by atoms with Crippen LogP contribution in [0.15, 0.2) is 29.3 Å². The Bertz CT molecular complexity index is 546. The molecule has 0 aliphatic rings. The molecule has 132 valence electrons. The molecule has 0 fully saturated rings. The van der Waals surface area contributed by atoms with Crippen LogP contribution in [0.4, 0.5) is 0 Å². The molecule has 7 heteroatoms. The molecule has 1 aromatic rings. The number of aliphatic imine (C=N–C) groups is 1. The SMILES string of the molecule is CN=C(NCCS(=O)C(C)(C)C)N(C)Cc1cccc(Cl)c1.I. The van der Waals surface area contributed by atoms with E-state index < -0.39 is 10.8 Å². The summed E-state index contributed by atoms with van der Waals surface area (Å²) < 4.78 is 11.9. The number of hydrogen-bond donors (Lipinski definition) is 1. The molecule has 0 radical (unpaired) electrons. The van der Waals surface area contributed by atoms with Gasteiger partial charge in [0.1, 0.15) is 0 Å². The summed E-state index contributed by atoms with van der Waals surface area (Å²) in [5.41, 5.74) is 1.12. The lowest BCUT2D eigenvalue weighted by atomic mass is 10.2. The molecule has 0 amide bonds. The highest BCUT2D eigenvalue weighted by molar-refractivity contribution is 14.0. The maximum atomic E-state index is 12.0. The van der Waals surface area contributed by atoms with Crippen molar-refractivity contribution in [3.8, 4) is 0 Å². The number of nitrogens with one attached hydrogen (secondary N) is 1. The predicted molar refractivity (Wildman–Crippen MR) is 112 cm³/mol. The van der Waals surface area contributed by atoms with Gasteiger partial charge in [-0.3, -0.25) is 9.20 Å². The molecule has 1 N–H and O–H groups in total. The third kappa shape index (κ3) is 8.35. The molecule has 0 heterocycles. The molecule has 23 heavy (non-hydrogen) atoms. The van der Waals surface area contributed by atoms with Gasteiger partial charge in [-0.25, -0.2) is 0 Å². The summed E-state index contributed by atoms with van der Waals surface area (Å²) in [4.78, 5) is 6.28. The summed E-state index contributed by atoms with van der Waals surface area (Å²) in [6, 6.07) is 7.78. The second-order valence-electron chi connectivity index (χ2n) is 6.12. The molecule has 4 nitrogen and oxygen atoms in total. The molecule has 0 saturated carbocycles. The van der Waals surface area contributed by atoms with Crippen molar-refractivity contribution in [2.45, 2.75) is 32.1 Å². The molecular weight excluding hydrogens is 445 g/mol. The minimum Gasteiger partial charge on any atom is -0.355 e. The topological polar surface area (TPSA) is 44.7 Å². The Morgan fingerprint density at radius 2 is 2.04 bits per heavy atom. The molecule has 0 spiro atoms. The molecule has 0 bridgehead atoms. The third-order valence-corrected chi connectivity index (χ3v) is 5.31. The first-order chi connectivity index (χ1) is 10.2. The van der Waals surface area contributed by atoms with Gasteiger partial charge in [-0.1, -0.05) is 23.7 Å². The normalized spacial score (nSPS) is 13.2. The highest BCUT2D eigenvalue weighted by atomic mass is 127. The van der Waals surface area contributed by atoms with Gasteiger partial charge in [0, 0.05) is 53.5 Å². The maximum absolute atomic E-state index is 12.0. The van der Waals surface area contributed by atoms with E-state index in [0.717, 1.165) is 16.5 Å². The van der Waals surface area contributed by atoms with E-state index in [2.05, 4.69) is 10.3 Å². The Morgan fingerprint density at radius 3 is 2.57 bits per heavy atom.